The highest BCUT2D eigenvalue weighted by molar-refractivity contribution is 6.12. The first-order chi connectivity index (χ1) is 15.8. The number of fused-ring (bicyclic) bond motifs is 1. The van der Waals surface area contributed by atoms with Crippen LogP contribution in [0.4, 0.5) is 8.78 Å². The second kappa shape index (κ2) is 10.6. The van der Waals surface area contributed by atoms with Crippen molar-refractivity contribution in [2.45, 2.75) is 38.7 Å². The SMILES string of the molecule is CC(C)[C@@]1(C(=O)C[C@@H](CC(=O)OCCF)C(=O)CF)CC(c2nccc3ccccc23)=NO1. The van der Waals surface area contributed by atoms with Gasteiger partial charge in [-0.1, -0.05) is 43.3 Å². The standard InChI is InChI=1S/C24H26F2N2O5/c1-15(2)24(21(30)11-17(20(29)14-26)12-22(31)32-10-8-25)13-19(28-33-24)23-18-6-4-3-5-16(18)7-9-27-23/h3-7,9,15,17H,8,10-14H2,1-2H3/t17-,24+/m0/s1. The van der Waals surface area contributed by atoms with Crippen molar-refractivity contribution in [3.05, 3.63) is 42.2 Å². The third-order valence-electron chi connectivity index (χ3n) is 5.87. The Balaban J connectivity index is 1.82. The Morgan fingerprint density at radius 1 is 1.15 bits per heavy atom. The topological polar surface area (TPSA) is 94.9 Å². The summed E-state index contributed by atoms with van der Waals surface area (Å²) in [4.78, 5) is 47.5. The molecule has 3 rings (SSSR count). The number of halogens is 2. The van der Waals surface area contributed by atoms with Crippen molar-refractivity contribution in [2.75, 3.05) is 20.0 Å². The number of hydrogen-bond acceptors (Lipinski definition) is 7. The molecule has 1 aliphatic rings. The zero-order valence-corrected chi connectivity index (χ0v) is 18.6. The minimum atomic E-state index is -1.38. The van der Waals surface area contributed by atoms with Crippen LogP contribution in [0, 0.1) is 11.8 Å². The lowest BCUT2D eigenvalue weighted by molar-refractivity contribution is -0.152. The maximum atomic E-state index is 13.4. The number of hydrogen-bond donors (Lipinski definition) is 0. The quantitative estimate of drug-likeness (QED) is 0.474. The van der Waals surface area contributed by atoms with Crippen molar-refractivity contribution in [3.63, 3.8) is 0 Å². The molecule has 0 amide bonds. The van der Waals surface area contributed by atoms with Crippen LogP contribution in [-0.2, 0) is 24.0 Å². The monoisotopic (exact) mass is 460 g/mol. The first kappa shape index (κ1) is 24.4. The predicted molar refractivity (Wildman–Crippen MR) is 117 cm³/mol. The van der Waals surface area contributed by atoms with Crippen LogP contribution in [0.1, 0.15) is 38.8 Å². The maximum absolute atomic E-state index is 13.4. The number of pyridine rings is 1. The number of ether oxygens (including phenoxy) is 1. The lowest BCUT2D eigenvalue weighted by atomic mass is 9.77. The average molecular weight is 460 g/mol. The van der Waals surface area contributed by atoms with Crippen LogP contribution in [0.15, 0.2) is 41.7 Å². The van der Waals surface area contributed by atoms with E-state index in [1.165, 1.54) is 0 Å². The Bertz CT molecular complexity index is 1070. The van der Waals surface area contributed by atoms with Gasteiger partial charge in [-0.2, -0.15) is 0 Å². The van der Waals surface area contributed by atoms with Crippen molar-refractivity contribution in [1.29, 1.82) is 0 Å². The van der Waals surface area contributed by atoms with Gasteiger partial charge in [0, 0.05) is 36.3 Å². The molecule has 176 valence electrons. The summed E-state index contributed by atoms with van der Waals surface area (Å²) in [5, 5.41) is 5.98. The number of Topliss-reactive ketones (excluding diaryl/α,β-unsaturated/α-hetero) is 2. The van der Waals surface area contributed by atoms with Crippen LogP contribution in [0.5, 0.6) is 0 Å². The summed E-state index contributed by atoms with van der Waals surface area (Å²) in [5.74, 6) is -3.79. The molecule has 9 heteroatoms. The number of benzene rings is 1. The molecule has 0 aliphatic carbocycles. The molecule has 0 radical (unpaired) electrons. The molecule has 2 heterocycles. The van der Waals surface area contributed by atoms with Gasteiger partial charge < -0.3 is 9.57 Å². The van der Waals surface area contributed by atoms with Gasteiger partial charge >= 0.3 is 5.97 Å². The number of nitrogens with zero attached hydrogens (tertiary/aromatic N) is 2. The molecule has 0 saturated heterocycles. The zero-order valence-electron chi connectivity index (χ0n) is 18.6. The fraction of sp³-hybridized carbons (Fsp3) is 0.458. The van der Waals surface area contributed by atoms with Gasteiger partial charge in [-0.05, 0) is 11.5 Å². The highest BCUT2D eigenvalue weighted by Gasteiger charge is 2.50. The van der Waals surface area contributed by atoms with Crippen molar-refractivity contribution < 1.29 is 32.7 Å². The van der Waals surface area contributed by atoms with Crippen molar-refractivity contribution in [3.8, 4) is 0 Å². The molecule has 0 N–H and O–H groups in total. The number of alkyl halides is 2. The number of carbonyl (C=O) groups excluding carboxylic acids is 3. The highest BCUT2D eigenvalue weighted by atomic mass is 19.1. The van der Waals surface area contributed by atoms with E-state index in [0.29, 0.717) is 11.4 Å². The van der Waals surface area contributed by atoms with Crippen LogP contribution in [0.25, 0.3) is 10.8 Å². The number of rotatable bonds is 11. The van der Waals surface area contributed by atoms with Gasteiger partial charge in [0.15, 0.2) is 11.6 Å². The van der Waals surface area contributed by atoms with Crippen LogP contribution in [0.2, 0.25) is 0 Å². The van der Waals surface area contributed by atoms with Gasteiger partial charge in [-0.3, -0.25) is 19.4 Å². The number of oxime groups is 1. The smallest absolute Gasteiger partial charge is 0.306 e. The Kier molecular flexibility index (Phi) is 7.84. The fourth-order valence-corrected chi connectivity index (χ4v) is 3.93. The Morgan fingerprint density at radius 2 is 1.91 bits per heavy atom. The summed E-state index contributed by atoms with van der Waals surface area (Å²) in [7, 11) is 0. The van der Waals surface area contributed by atoms with Crippen LogP contribution >= 0.6 is 0 Å². The number of esters is 1. The van der Waals surface area contributed by atoms with Crippen molar-refractivity contribution >= 4 is 34.0 Å². The van der Waals surface area contributed by atoms with Gasteiger partial charge in [0.25, 0.3) is 0 Å². The minimum Gasteiger partial charge on any atom is -0.463 e. The molecule has 0 bridgehead atoms. The number of ketones is 2. The van der Waals surface area contributed by atoms with E-state index in [4.69, 9.17) is 4.84 Å². The highest BCUT2D eigenvalue weighted by Crippen LogP contribution is 2.37. The molecule has 0 saturated carbocycles. The summed E-state index contributed by atoms with van der Waals surface area (Å²) < 4.78 is 30.0. The number of aromatic nitrogens is 1. The molecular weight excluding hydrogens is 434 g/mol. The van der Waals surface area contributed by atoms with E-state index >= 15 is 0 Å². The molecule has 0 fully saturated rings. The Hall–Kier alpha value is -3.23. The fourth-order valence-electron chi connectivity index (χ4n) is 3.93. The van der Waals surface area contributed by atoms with Crippen molar-refractivity contribution in [2.24, 2.45) is 17.0 Å². The molecule has 7 nitrogen and oxygen atoms in total. The van der Waals surface area contributed by atoms with E-state index in [1.807, 2.05) is 30.3 Å². The van der Waals surface area contributed by atoms with E-state index in [2.05, 4.69) is 14.9 Å². The first-order valence-corrected chi connectivity index (χ1v) is 10.7. The summed E-state index contributed by atoms with van der Waals surface area (Å²) in [6.45, 7) is 0.908. The second-order valence-electron chi connectivity index (χ2n) is 8.27. The number of carbonyl (C=O) groups is 3. The lowest BCUT2D eigenvalue weighted by Crippen LogP contribution is -2.45. The van der Waals surface area contributed by atoms with Gasteiger partial charge in [-0.25, -0.2) is 8.78 Å². The average Bonchev–Trinajstić information content (AvgIpc) is 3.28. The maximum Gasteiger partial charge on any atom is 0.306 e. The van der Waals surface area contributed by atoms with Crippen LogP contribution < -0.4 is 0 Å². The van der Waals surface area contributed by atoms with E-state index in [1.54, 1.807) is 20.0 Å². The molecular formula is C24H26F2N2O5. The molecule has 1 aliphatic heterocycles. The molecule has 2 atom stereocenters. The van der Waals surface area contributed by atoms with Gasteiger partial charge in [0.05, 0.1) is 12.1 Å². The van der Waals surface area contributed by atoms with E-state index in [-0.39, 0.29) is 12.3 Å². The molecule has 1 aromatic carbocycles. The predicted octanol–water partition coefficient (Wildman–Crippen LogP) is 3.77. The first-order valence-electron chi connectivity index (χ1n) is 10.7. The van der Waals surface area contributed by atoms with Gasteiger partial charge in [0.1, 0.15) is 25.7 Å². The van der Waals surface area contributed by atoms with E-state index < -0.39 is 61.9 Å². The third kappa shape index (κ3) is 5.23. The van der Waals surface area contributed by atoms with E-state index in [0.717, 1.165) is 10.8 Å². The largest absolute Gasteiger partial charge is 0.463 e. The zero-order chi connectivity index (χ0) is 24.0. The molecule has 2 aromatic rings. The molecule has 1 aromatic heterocycles. The molecule has 0 spiro atoms. The van der Waals surface area contributed by atoms with E-state index in [9.17, 15) is 23.2 Å². The summed E-state index contributed by atoms with van der Waals surface area (Å²) >= 11 is 0. The van der Waals surface area contributed by atoms with Crippen LogP contribution in [-0.4, -0.2) is 53.8 Å². The summed E-state index contributed by atoms with van der Waals surface area (Å²) in [6, 6.07) is 9.48. The summed E-state index contributed by atoms with van der Waals surface area (Å²) in [6.07, 6.45) is 0.836. The third-order valence-corrected chi connectivity index (χ3v) is 5.87. The summed E-state index contributed by atoms with van der Waals surface area (Å²) in [5.41, 5.74) is -0.301. The molecule has 33 heavy (non-hydrogen) atoms. The Morgan fingerprint density at radius 3 is 2.61 bits per heavy atom. The van der Waals surface area contributed by atoms with Gasteiger partial charge in [-0.15, -0.1) is 0 Å². The second-order valence-corrected chi connectivity index (χ2v) is 8.27. The normalized spacial score (nSPS) is 18.6. The van der Waals surface area contributed by atoms with Crippen LogP contribution in [0.3, 0.4) is 0 Å². The Labute approximate surface area is 190 Å². The van der Waals surface area contributed by atoms with Crippen molar-refractivity contribution in [1.82, 2.24) is 4.98 Å². The lowest BCUT2D eigenvalue weighted by Gasteiger charge is -2.30. The molecule has 0 unspecified atom stereocenters. The minimum absolute atomic E-state index is 0.118. The van der Waals surface area contributed by atoms with Gasteiger partial charge in [0.2, 0.25) is 5.60 Å².